The number of aryl methyl sites for hydroxylation is 2. The Morgan fingerprint density at radius 1 is 0.938 bits per heavy atom. The topological polar surface area (TPSA) is 57.7 Å². The van der Waals surface area contributed by atoms with E-state index in [0.717, 1.165) is 34.4 Å². The van der Waals surface area contributed by atoms with E-state index < -0.39 is 10.0 Å². The summed E-state index contributed by atoms with van der Waals surface area (Å²) in [7, 11) is -3.86. The standard InChI is InChI=1S/C26H28N2O3S/c1-19-8-12-22(13-9-19)17-27(32(30,31)24-14-10-20(2)11-15-24)18-26(29)28-21(3)16-23-6-4-5-7-25(23)28/h4-15,21H,16-18H2,1-3H3. The van der Waals surface area contributed by atoms with Gasteiger partial charge in [-0.15, -0.1) is 0 Å². The summed E-state index contributed by atoms with van der Waals surface area (Å²) in [5, 5.41) is 0. The lowest BCUT2D eigenvalue weighted by Gasteiger charge is -2.27. The minimum absolute atomic E-state index is 0.0109. The Labute approximate surface area is 190 Å². The second-order valence-corrected chi connectivity index (χ2v) is 10.5. The second kappa shape index (κ2) is 8.88. The minimum Gasteiger partial charge on any atom is -0.308 e. The van der Waals surface area contributed by atoms with E-state index in [1.54, 1.807) is 29.2 Å². The fraction of sp³-hybridized carbons (Fsp3) is 0.269. The number of sulfonamides is 1. The smallest absolute Gasteiger partial charge is 0.243 e. The second-order valence-electron chi connectivity index (χ2n) is 8.52. The predicted octanol–water partition coefficient (Wildman–Crippen LogP) is 4.47. The third-order valence-electron chi connectivity index (χ3n) is 5.93. The first kappa shape index (κ1) is 22.2. The summed E-state index contributed by atoms with van der Waals surface area (Å²) in [5.74, 6) is -0.217. The predicted molar refractivity (Wildman–Crippen MR) is 127 cm³/mol. The van der Waals surface area contributed by atoms with Crippen molar-refractivity contribution < 1.29 is 13.2 Å². The third kappa shape index (κ3) is 4.47. The molecule has 0 fully saturated rings. The van der Waals surface area contributed by atoms with Gasteiger partial charge in [-0.25, -0.2) is 8.42 Å². The van der Waals surface area contributed by atoms with E-state index in [1.165, 1.54) is 4.31 Å². The van der Waals surface area contributed by atoms with E-state index >= 15 is 0 Å². The molecule has 1 aliphatic rings. The van der Waals surface area contributed by atoms with Gasteiger partial charge in [0.15, 0.2) is 0 Å². The van der Waals surface area contributed by atoms with Crippen LogP contribution < -0.4 is 4.90 Å². The van der Waals surface area contributed by atoms with Crippen LogP contribution in [-0.2, 0) is 27.8 Å². The van der Waals surface area contributed by atoms with Crippen LogP contribution in [0.2, 0.25) is 0 Å². The zero-order valence-corrected chi connectivity index (χ0v) is 19.5. The zero-order valence-electron chi connectivity index (χ0n) is 18.7. The van der Waals surface area contributed by atoms with Gasteiger partial charge in [-0.2, -0.15) is 4.31 Å². The number of hydrogen-bond acceptors (Lipinski definition) is 3. The first-order chi connectivity index (χ1) is 15.3. The maximum Gasteiger partial charge on any atom is 0.243 e. The van der Waals surface area contributed by atoms with Gasteiger partial charge in [0.1, 0.15) is 0 Å². The lowest BCUT2D eigenvalue weighted by atomic mass is 10.1. The van der Waals surface area contributed by atoms with Crippen molar-refractivity contribution in [2.75, 3.05) is 11.4 Å². The fourth-order valence-electron chi connectivity index (χ4n) is 4.15. The lowest BCUT2D eigenvalue weighted by Crippen LogP contribution is -2.44. The van der Waals surface area contributed by atoms with Gasteiger partial charge in [-0.05, 0) is 56.5 Å². The van der Waals surface area contributed by atoms with Crippen LogP contribution in [0.15, 0.2) is 77.7 Å². The van der Waals surface area contributed by atoms with E-state index in [1.807, 2.05) is 69.3 Å². The Hall–Kier alpha value is -2.96. The van der Waals surface area contributed by atoms with Crippen LogP contribution in [0, 0.1) is 13.8 Å². The van der Waals surface area contributed by atoms with Crippen molar-refractivity contribution >= 4 is 21.6 Å². The summed E-state index contributed by atoms with van der Waals surface area (Å²) in [6.07, 6.45) is 0.768. The van der Waals surface area contributed by atoms with E-state index in [-0.39, 0.29) is 29.9 Å². The number of carbonyl (C=O) groups excluding carboxylic acids is 1. The average Bonchev–Trinajstić information content (AvgIpc) is 3.10. The summed E-state index contributed by atoms with van der Waals surface area (Å²) >= 11 is 0. The van der Waals surface area contributed by atoms with E-state index in [0.29, 0.717) is 0 Å². The number of carbonyl (C=O) groups is 1. The molecular formula is C26H28N2O3S. The van der Waals surface area contributed by atoms with E-state index in [9.17, 15) is 13.2 Å². The highest BCUT2D eigenvalue weighted by molar-refractivity contribution is 7.89. The van der Waals surface area contributed by atoms with E-state index in [4.69, 9.17) is 0 Å². The molecule has 1 atom stereocenters. The van der Waals surface area contributed by atoms with Gasteiger partial charge in [-0.3, -0.25) is 4.79 Å². The Morgan fingerprint density at radius 2 is 1.53 bits per heavy atom. The molecule has 0 aromatic heterocycles. The van der Waals surface area contributed by atoms with Crippen molar-refractivity contribution in [2.24, 2.45) is 0 Å². The van der Waals surface area contributed by atoms with Crippen LogP contribution >= 0.6 is 0 Å². The first-order valence-electron chi connectivity index (χ1n) is 10.8. The third-order valence-corrected chi connectivity index (χ3v) is 7.73. The number of nitrogens with zero attached hydrogens (tertiary/aromatic N) is 2. The first-order valence-corrected chi connectivity index (χ1v) is 12.2. The highest BCUT2D eigenvalue weighted by Gasteiger charge is 2.34. The number of anilines is 1. The van der Waals surface area contributed by atoms with Crippen molar-refractivity contribution in [3.05, 3.63) is 95.1 Å². The molecule has 32 heavy (non-hydrogen) atoms. The van der Waals surface area contributed by atoms with Gasteiger partial charge in [0.2, 0.25) is 15.9 Å². The number of fused-ring (bicyclic) bond motifs is 1. The van der Waals surface area contributed by atoms with Crippen LogP contribution in [0.1, 0.15) is 29.2 Å². The molecule has 1 amide bonds. The van der Waals surface area contributed by atoms with Gasteiger partial charge in [0.25, 0.3) is 0 Å². The summed E-state index contributed by atoms with van der Waals surface area (Å²) in [5.41, 5.74) is 4.90. The van der Waals surface area contributed by atoms with Crippen LogP contribution in [0.25, 0.3) is 0 Å². The number of benzene rings is 3. The zero-order chi connectivity index (χ0) is 22.9. The van der Waals surface area contributed by atoms with Crippen molar-refractivity contribution in [1.29, 1.82) is 0 Å². The quantitative estimate of drug-likeness (QED) is 0.559. The van der Waals surface area contributed by atoms with Crippen LogP contribution in [-0.4, -0.2) is 31.2 Å². The maximum absolute atomic E-state index is 13.5. The Kier molecular flexibility index (Phi) is 6.17. The summed E-state index contributed by atoms with van der Waals surface area (Å²) in [4.78, 5) is 15.4. The minimum atomic E-state index is -3.86. The Balaban J connectivity index is 1.67. The number of hydrogen-bond donors (Lipinski definition) is 0. The van der Waals surface area contributed by atoms with Crippen molar-refractivity contribution in [3.8, 4) is 0 Å². The molecule has 6 heteroatoms. The molecule has 0 spiro atoms. The van der Waals surface area contributed by atoms with Gasteiger partial charge in [0, 0.05) is 18.3 Å². The van der Waals surface area contributed by atoms with Crippen LogP contribution in [0.5, 0.6) is 0 Å². The van der Waals surface area contributed by atoms with Gasteiger partial charge >= 0.3 is 0 Å². The molecule has 0 radical (unpaired) electrons. The fourth-order valence-corrected chi connectivity index (χ4v) is 5.53. The van der Waals surface area contributed by atoms with Gasteiger partial charge < -0.3 is 4.90 Å². The summed E-state index contributed by atoms with van der Waals surface area (Å²) in [6, 6.07) is 22.3. The highest BCUT2D eigenvalue weighted by Crippen LogP contribution is 2.32. The summed E-state index contributed by atoms with van der Waals surface area (Å²) in [6.45, 7) is 5.81. The van der Waals surface area contributed by atoms with E-state index in [2.05, 4.69) is 0 Å². The normalized spacial score (nSPS) is 15.8. The molecular weight excluding hydrogens is 420 g/mol. The molecule has 5 nitrogen and oxygen atoms in total. The molecule has 1 unspecified atom stereocenters. The molecule has 0 bridgehead atoms. The van der Waals surface area contributed by atoms with Crippen molar-refractivity contribution in [2.45, 2.75) is 44.7 Å². The molecule has 166 valence electrons. The number of rotatable bonds is 6. The molecule has 0 saturated carbocycles. The van der Waals surface area contributed by atoms with Gasteiger partial charge in [-0.1, -0.05) is 65.7 Å². The number of para-hydroxylation sites is 1. The van der Waals surface area contributed by atoms with Crippen molar-refractivity contribution in [3.63, 3.8) is 0 Å². The van der Waals surface area contributed by atoms with Crippen molar-refractivity contribution in [1.82, 2.24) is 4.31 Å². The SMILES string of the molecule is Cc1ccc(CN(CC(=O)N2c3ccccc3CC2C)S(=O)(=O)c2ccc(C)cc2)cc1. The monoisotopic (exact) mass is 448 g/mol. The Morgan fingerprint density at radius 3 is 2.19 bits per heavy atom. The molecule has 1 heterocycles. The molecule has 0 N–H and O–H groups in total. The molecule has 0 saturated heterocycles. The molecule has 1 aliphatic heterocycles. The summed E-state index contributed by atoms with van der Waals surface area (Å²) < 4.78 is 28.4. The van der Waals surface area contributed by atoms with Crippen LogP contribution in [0.3, 0.4) is 0 Å². The Bertz CT molecular complexity index is 1220. The molecule has 3 aromatic rings. The lowest BCUT2D eigenvalue weighted by molar-refractivity contribution is -0.119. The number of amides is 1. The van der Waals surface area contributed by atoms with Crippen LogP contribution in [0.4, 0.5) is 5.69 Å². The molecule has 0 aliphatic carbocycles. The largest absolute Gasteiger partial charge is 0.308 e. The molecule has 4 rings (SSSR count). The highest BCUT2D eigenvalue weighted by atomic mass is 32.2. The maximum atomic E-state index is 13.5. The molecule has 3 aromatic carbocycles. The average molecular weight is 449 g/mol. The van der Waals surface area contributed by atoms with Gasteiger partial charge in [0.05, 0.1) is 11.4 Å².